The summed E-state index contributed by atoms with van der Waals surface area (Å²) in [6, 6.07) is 14.6. The Morgan fingerprint density at radius 3 is 2.45 bits per heavy atom. The van der Waals surface area contributed by atoms with E-state index in [-0.39, 0.29) is 17.8 Å². The predicted octanol–water partition coefficient (Wildman–Crippen LogP) is 3.83. The Morgan fingerprint density at radius 1 is 1.03 bits per heavy atom. The van der Waals surface area contributed by atoms with E-state index < -0.39 is 23.6 Å². The van der Waals surface area contributed by atoms with Crippen LogP contribution in [0.15, 0.2) is 73.2 Å². The molecular formula is C23H19F2N5O. The van der Waals surface area contributed by atoms with E-state index in [0.29, 0.717) is 0 Å². The van der Waals surface area contributed by atoms with Gasteiger partial charge in [-0.15, -0.1) is 5.10 Å². The van der Waals surface area contributed by atoms with Gasteiger partial charge in [0.15, 0.2) is 5.69 Å². The van der Waals surface area contributed by atoms with Gasteiger partial charge in [0.1, 0.15) is 11.6 Å². The maximum atomic E-state index is 13.9. The van der Waals surface area contributed by atoms with Gasteiger partial charge in [-0.05, 0) is 47.9 Å². The van der Waals surface area contributed by atoms with Crippen LogP contribution in [0.1, 0.15) is 38.8 Å². The number of nitrogens with one attached hydrogen (secondary N) is 1. The third-order valence-corrected chi connectivity index (χ3v) is 4.97. The Kier molecular flexibility index (Phi) is 5.79. The third kappa shape index (κ3) is 4.48. The monoisotopic (exact) mass is 419 g/mol. The molecule has 8 heteroatoms. The average Bonchev–Trinajstić information content (AvgIpc) is 3.25. The van der Waals surface area contributed by atoms with E-state index in [1.807, 2.05) is 43.3 Å². The van der Waals surface area contributed by atoms with Crippen LogP contribution in [-0.4, -0.2) is 25.9 Å². The SMILES string of the molecule is Cc1ccccc1[C@@H](NC(=O)c1cn(Cc2c(F)cccc2F)nn1)c1ccncc1. The Morgan fingerprint density at radius 2 is 1.74 bits per heavy atom. The van der Waals surface area contributed by atoms with Gasteiger partial charge in [0.05, 0.1) is 18.8 Å². The van der Waals surface area contributed by atoms with Gasteiger partial charge in [0, 0.05) is 18.0 Å². The lowest BCUT2D eigenvalue weighted by Crippen LogP contribution is -2.30. The van der Waals surface area contributed by atoms with Gasteiger partial charge >= 0.3 is 0 Å². The van der Waals surface area contributed by atoms with E-state index >= 15 is 0 Å². The molecule has 0 fully saturated rings. The summed E-state index contributed by atoms with van der Waals surface area (Å²) in [6.07, 6.45) is 4.68. The number of benzene rings is 2. The molecule has 4 aromatic rings. The molecule has 0 radical (unpaired) electrons. The van der Waals surface area contributed by atoms with Crippen molar-refractivity contribution in [1.82, 2.24) is 25.3 Å². The number of hydrogen-bond donors (Lipinski definition) is 1. The van der Waals surface area contributed by atoms with Crippen molar-refractivity contribution < 1.29 is 13.6 Å². The lowest BCUT2D eigenvalue weighted by atomic mass is 9.95. The molecule has 0 aliphatic heterocycles. The molecule has 0 unspecified atom stereocenters. The van der Waals surface area contributed by atoms with Crippen LogP contribution in [0.2, 0.25) is 0 Å². The summed E-state index contributed by atoms with van der Waals surface area (Å²) in [5.74, 6) is -1.82. The lowest BCUT2D eigenvalue weighted by Gasteiger charge is -2.21. The second-order valence-corrected chi connectivity index (χ2v) is 7.05. The number of aryl methyl sites for hydroxylation is 1. The minimum absolute atomic E-state index is 0.0457. The summed E-state index contributed by atoms with van der Waals surface area (Å²) < 4.78 is 29.0. The minimum atomic E-state index is -0.682. The molecule has 0 saturated heterocycles. The van der Waals surface area contributed by atoms with Gasteiger partial charge in [-0.25, -0.2) is 13.5 Å². The van der Waals surface area contributed by atoms with Gasteiger partial charge in [-0.2, -0.15) is 0 Å². The van der Waals surface area contributed by atoms with Crippen LogP contribution in [-0.2, 0) is 6.54 Å². The second-order valence-electron chi connectivity index (χ2n) is 7.05. The number of hydrogen-bond acceptors (Lipinski definition) is 4. The number of carbonyl (C=O) groups is 1. The highest BCUT2D eigenvalue weighted by atomic mass is 19.1. The van der Waals surface area contributed by atoms with E-state index in [1.165, 1.54) is 29.1 Å². The molecule has 0 aliphatic rings. The molecule has 156 valence electrons. The van der Waals surface area contributed by atoms with Crippen LogP contribution < -0.4 is 5.32 Å². The Bertz CT molecular complexity index is 1190. The summed E-state index contributed by atoms with van der Waals surface area (Å²) in [5, 5.41) is 10.7. The predicted molar refractivity (Wildman–Crippen MR) is 110 cm³/mol. The summed E-state index contributed by atoms with van der Waals surface area (Å²) in [7, 11) is 0. The molecule has 2 heterocycles. The number of pyridine rings is 1. The summed E-state index contributed by atoms with van der Waals surface area (Å²) in [4.78, 5) is 17.0. The summed E-state index contributed by atoms with van der Waals surface area (Å²) in [6.45, 7) is 1.79. The standard InChI is InChI=1S/C23H19F2N5O/c1-15-5-2-3-6-17(15)22(16-9-11-26-12-10-16)27-23(31)21-14-30(29-28-21)13-18-19(24)7-4-8-20(18)25/h2-12,14,22H,13H2,1H3,(H,27,31)/t22-/m0/s1. The normalized spacial score (nSPS) is 11.8. The first-order valence-electron chi connectivity index (χ1n) is 9.62. The molecule has 2 aromatic carbocycles. The molecule has 1 N–H and O–H groups in total. The number of aromatic nitrogens is 4. The fourth-order valence-electron chi connectivity index (χ4n) is 3.34. The van der Waals surface area contributed by atoms with E-state index in [0.717, 1.165) is 16.7 Å². The first-order chi connectivity index (χ1) is 15.0. The first-order valence-corrected chi connectivity index (χ1v) is 9.62. The Hall–Kier alpha value is -3.94. The smallest absolute Gasteiger partial charge is 0.274 e. The zero-order valence-electron chi connectivity index (χ0n) is 16.7. The molecule has 0 aliphatic carbocycles. The maximum Gasteiger partial charge on any atom is 0.274 e. The quantitative estimate of drug-likeness (QED) is 0.516. The van der Waals surface area contributed by atoms with Gasteiger partial charge in [-0.1, -0.05) is 35.5 Å². The molecule has 31 heavy (non-hydrogen) atoms. The maximum absolute atomic E-state index is 13.9. The summed E-state index contributed by atoms with van der Waals surface area (Å²) >= 11 is 0. The largest absolute Gasteiger partial charge is 0.340 e. The molecule has 6 nitrogen and oxygen atoms in total. The van der Waals surface area contributed by atoms with Crippen molar-refractivity contribution in [3.63, 3.8) is 0 Å². The van der Waals surface area contributed by atoms with Gasteiger partial charge in [0.2, 0.25) is 0 Å². The van der Waals surface area contributed by atoms with Crippen LogP contribution in [0, 0.1) is 18.6 Å². The average molecular weight is 419 g/mol. The van der Waals surface area contributed by atoms with E-state index in [9.17, 15) is 13.6 Å². The van der Waals surface area contributed by atoms with E-state index in [4.69, 9.17) is 0 Å². The molecule has 0 spiro atoms. The fourth-order valence-corrected chi connectivity index (χ4v) is 3.34. The first kappa shape index (κ1) is 20.3. The van der Waals surface area contributed by atoms with Crippen molar-refractivity contribution in [2.75, 3.05) is 0 Å². The van der Waals surface area contributed by atoms with Crippen LogP contribution in [0.5, 0.6) is 0 Å². The molecule has 2 aromatic heterocycles. The van der Waals surface area contributed by atoms with Crippen molar-refractivity contribution in [3.8, 4) is 0 Å². The zero-order chi connectivity index (χ0) is 21.8. The number of carbonyl (C=O) groups excluding carboxylic acids is 1. The molecule has 4 rings (SSSR count). The van der Waals surface area contributed by atoms with Gasteiger partial charge < -0.3 is 5.32 Å². The van der Waals surface area contributed by atoms with E-state index in [2.05, 4.69) is 20.6 Å². The van der Waals surface area contributed by atoms with Crippen LogP contribution >= 0.6 is 0 Å². The number of amides is 1. The van der Waals surface area contributed by atoms with Crippen molar-refractivity contribution in [1.29, 1.82) is 0 Å². The third-order valence-electron chi connectivity index (χ3n) is 4.97. The fraction of sp³-hybridized carbons (Fsp3) is 0.130. The highest BCUT2D eigenvalue weighted by Gasteiger charge is 2.21. The number of nitrogens with zero attached hydrogens (tertiary/aromatic N) is 4. The number of rotatable bonds is 6. The molecule has 0 saturated carbocycles. The molecule has 1 atom stereocenters. The van der Waals surface area contributed by atoms with Crippen molar-refractivity contribution in [2.24, 2.45) is 0 Å². The minimum Gasteiger partial charge on any atom is -0.340 e. The summed E-state index contributed by atoms with van der Waals surface area (Å²) in [5.41, 5.74) is 2.71. The zero-order valence-corrected chi connectivity index (χ0v) is 16.7. The van der Waals surface area contributed by atoms with Crippen molar-refractivity contribution >= 4 is 5.91 Å². The molecule has 0 bridgehead atoms. The second kappa shape index (κ2) is 8.83. The van der Waals surface area contributed by atoms with Gasteiger partial charge in [0.25, 0.3) is 5.91 Å². The van der Waals surface area contributed by atoms with Crippen LogP contribution in [0.25, 0.3) is 0 Å². The van der Waals surface area contributed by atoms with Gasteiger partial charge in [-0.3, -0.25) is 9.78 Å². The molecule has 1 amide bonds. The Balaban J connectivity index is 1.58. The lowest BCUT2D eigenvalue weighted by molar-refractivity contribution is 0.0937. The highest BCUT2D eigenvalue weighted by Crippen LogP contribution is 2.25. The van der Waals surface area contributed by atoms with Crippen LogP contribution in [0.3, 0.4) is 0 Å². The Labute approximate surface area is 177 Å². The van der Waals surface area contributed by atoms with Crippen molar-refractivity contribution in [2.45, 2.75) is 19.5 Å². The number of halogens is 2. The molecular weight excluding hydrogens is 400 g/mol. The van der Waals surface area contributed by atoms with Crippen molar-refractivity contribution in [3.05, 3.63) is 113 Å². The van der Waals surface area contributed by atoms with Crippen LogP contribution in [0.4, 0.5) is 8.78 Å². The van der Waals surface area contributed by atoms with E-state index in [1.54, 1.807) is 12.4 Å². The highest BCUT2D eigenvalue weighted by molar-refractivity contribution is 5.92. The topological polar surface area (TPSA) is 72.7 Å².